The van der Waals surface area contributed by atoms with Crippen LogP contribution in [0.3, 0.4) is 0 Å². The molecule has 0 radical (unpaired) electrons. The lowest BCUT2D eigenvalue weighted by Gasteiger charge is -2.05. The quantitative estimate of drug-likeness (QED) is 0.733. The smallest absolute Gasteiger partial charge is 0.226 e. The second kappa shape index (κ2) is 3.73. The van der Waals surface area contributed by atoms with E-state index in [1.165, 1.54) is 0 Å². The number of nitrogens with zero attached hydrogens (tertiary/aromatic N) is 1. The number of rotatable bonds is 3. The lowest BCUT2D eigenvalue weighted by molar-refractivity contribution is -0.122. The maximum absolute atomic E-state index is 11.3. The highest BCUT2D eigenvalue weighted by atomic mass is 35.5. The molecule has 0 aromatic carbocycles. The highest BCUT2D eigenvalue weighted by molar-refractivity contribution is 6.52. The summed E-state index contributed by atoms with van der Waals surface area (Å²) >= 11 is 11.4. The molecule has 1 saturated carbocycles. The number of nitrogens with one attached hydrogen (secondary N) is 1. The highest BCUT2D eigenvalue weighted by Gasteiger charge is 2.56. The van der Waals surface area contributed by atoms with Crippen molar-refractivity contribution in [2.75, 3.05) is 6.54 Å². The average molecular weight is 221 g/mol. The molecule has 0 spiro atoms. The van der Waals surface area contributed by atoms with Gasteiger partial charge in [-0.1, -0.05) is 0 Å². The molecule has 5 heteroatoms. The van der Waals surface area contributed by atoms with E-state index in [9.17, 15) is 4.79 Å². The van der Waals surface area contributed by atoms with Crippen LogP contribution in [-0.2, 0) is 4.79 Å². The molecule has 0 aliphatic heterocycles. The summed E-state index contributed by atoms with van der Waals surface area (Å²) in [5.41, 5.74) is 0. The molecular weight excluding hydrogens is 211 g/mol. The summed E-state index contributed by atoms with van der Waals surface area (Å²) < 4.78 is -0.875. The summed E-state index contributed by atoms with van der Waals surface area (Å²) in [6.45, 7) is 2.09. The molecule has 1 amide bonds. The molecule has 0 saturated heterocycles. The first-order valence-corrected chi connectivity index (χ1v) is 4.78. The van der Waals surface area contributed by atoms with Gasteiger partial charge in [0.15, 0.2) is 0 Å². The van der Waals surface area contributed by atoms with Crippen molar-refractivity contribution in [2.24, 2.45) is 11.8 Å². The molecule has 2 unspecified atom stereocenters. The van der Waals surface area contributed by atoms with Crippen LogP contribution in [0.2, 0.25) is 0 Å². The summed E-state index contributed by atoms with van der Waals surface area (Å²) in [5.74, 6) is -0.642. The number of alkyl halides is 2. The molecule has 0 heterocycles. The van der Waals surface area contributed by atoms with E-state index in [-0.39, 0.29) is 17.7 Å². The molecule has 0 aromatic heterocycles. The van der Waals surface area contributed by atoms with Crippen molar-refractivity contribution >= 4 is 29.1 Å². The molecule has 1 aliphatic rings. The molecular formula is C8H10Cl2N2O. The molecule has 0 bridgehead atoms. The summed E-state index contributed by atoms with van der Waals surface area (Å²) in [6.07, 6.45) is 0.503. The third kappa shape index (κ3) is 2.75. The van der Waals surface area contributed by atoms with Gasteiger partial charge in [-0.2, -0.15) is 5.26 Å². The van der Waals surface area contributed by atoms with E-state index in [0.29, 0.717) is 13.0 Å². The topological polar surface area (TPSA) is 52.9 Å². The van der Waals surface area contributed by atoms with Crippen LogP contribution in [-0.4, -0.2) is 16.8 Å². The SMILES string of the molecule is CC(C#N)CNC(=O)C1CC1(Cl)Cl. The van der Waals surface area contributed by atoms with Gasteiger partial charge >= 0.3 is 0 Å². The lowest BCUT2D eigenvalue weighted by Crippen LogP contribution is -2.30. The van der Waals surface area contributed by atoms with Gasteiger partial charge in [0, 0.05) is 6.54 Å². The van der Waals surface area contributed by atoms with E-state index >= 15 is 0 Å². The van der Waals surface area contributed by atoms with Gasteiger partial charge in [0.05, 0.1) is 17.9 Å². The third-order valence-electron chi connectivity index (χ3n) is 1.95. The van der Waals surface area contributed by atoms with Crippen molar-refractivity contribution < 1.29 is 4.79 Å². The predicted octanol–water partition coefficient (Wildman–Crippen LogP) is 1.46. The number of halogens is 2. The van der Waals surface area contributed by atoms with Gasteiger partial charge in [-0.15, -0.1) is 23.2 Å². The minimum Gasteiger partial charge on any atom is -0.354 e. The Labute approximate surface area is 87.0 Å². The number of hydrogen-bond acceptors (Lipinski definition) is 2. The largest absolute Gasteiger partial charge is 0.354 e. The zero-order valence-corrected chi connectivity index (χ0v) is 8.69. The van der Waals surface area contributed by atoms with Gasteiger partial charge in [-0.25, -0.2) is 0 Å². The van der Waals surface area contributed by atoms with E-state index in [2.05, 4.69) is 5.32 Å². The van der Waals surface area contributed by atoms with Gasteiger partial charge < -0.3 is 5.32 Å². The van der Waals surface area contributed by atoms with Gasteiger partial charge in [0.1, 0.15) is 4.33 Å². The summed E-state index contributed by atoms with van der Waals surface area (Å²) in [4.78, 5) is 11.3. The first-order chi connectivity index (χ1) is 5.97. The maximum atomic E-state index is 11.3. The monoisotopic (exact) mass is 220 g/mol. The Morgan fingerprint density at radius 2 is 2.38 bits per heavy atom. The van der Waals surface area contributed by atoms with Crippen molar-refractivity contribution in [1.29, 1.82) is 5.26 Å². The number of hydrogen-bond donors (Lipinski definition) is 1. The van der Waals surface area contributed by atoms with Crippen LogP contribution in [0.25, 0.3) is 0 Å². The van der Waals surface area contributed by atoms with Gasteiger partial charge in [-0.3, -0.25) is 4.79 Å². The minimum atomic E-state index is -0.875. The zero-order chi connectivity index (χ0) is 10.1. The Kier molecular flexibility index (Phi) is 3.05. The Balaban J connectivity index is 2.25. The van der Waals surface area contributed by atoms with Crippen LogP contribution in [0.1, 0.15) is 13.3 Å². The van der Waals surface area contributed by atoms with Crippen molar-refractivity contribution in [3.05, 3.63) is 0 Å². The average Bonchev–Trinajstić information content (AvgIpc) is 2.70. The van der Waals surface area contributed by atoms with Crippen LogP contribution in [0.5, 0.6) is 0 Å². The van der Waals surface area contributed by atoms with E-state index in [1.807, 2.05) is 6.07 Å². The number of nitriles is 1. The predicted molar refractivity (Wildman–Crippen MR) is 50.3 cm³/mol. The second-order valence-electron chi connectivity index (χ2n) is 3.29. The fraction of sp³-hybridized carbons (Fsp3) is 0.750. The van der Waals surface area contributed by atoms with E-state index < -0.39 is 4.33 Å². The molecule has 13 heavy (non-hydrogen) atoms. The standard InChI is InChI=1S/C8H10Cl2N2O/c1-5(3-11)4-12-7(13)6-2-8(6,9)10/h5-6H,2,4H2,1H3,(H,12,13). The molecule has 1 aliphatic carbocycles. The minimum absolute atomic E-state index is 0.160. The van der Waals surface area contributed by atoms with Crippen LogP contribution in [0, 0.1) is 23.2 Å². The van der Waals surface area contributed by atoms with Crippen molar-refractivity contribution in [2.45, 2.75) is 17.7 Å². The van der Waals surface area contributed by atoms with Crippen LogP contribution >= 0.6 is 23.2 Å². The molecule has 3 nitrogen and oxygen atoms in total. The molecule has 72 valence electrons. The Morgan fingerprint density at radius 3 is 2.77 bits per heavy atom. The fourth-order valence-corrected chi connectivity index (χ4v) is 1.43. The van der Waals surface area contributed by atoms with E-state index in [4.69, 9.17) is 28.5 Å². The van der Waals surface area contributed by atoms with E-state index in [0.717, 1.165) is 0 Å². The maximum Gasteiger partial charge on any atom is 0.226 e. The number of amides is 1. The van der Waals surface area contributed by atoms with Crippen LogP contribution in [0.4, 0.5) is 0 Å². The zero-order valence-electron chi connectivity index (χ0n) is 7.18. The van der Waals surface area contributed by atoms with Crippen molar-refractivity contribution in [1.82, 2.24) is 5.32 Å². The molecule has 1 fully saturated rings. The number of carbonyl (C=O) groups is 1. The van der Waals surface area contributed by atoms with Crippen molar-refractivity contribution in [3.63, 3.8) is 0 Å². The first kappa shape index (κ1) is 10.6. The first-order valence-electron chi connectivity index (χ1n) is 4.02. The summed E-state index contributed by atoms with van der Waals surface area (Å²) in [6, 6.07) is 2.02. The van der Waals surface area contributed by atoms with Gasteiger partial charge in [0.2, 0.25) is 5.91 Å². The molecule has 0 aromatic rings. The third-order valence-corrected chi connectivity index (χ3v) is 2.78. The molecule has 2 atom stereocenters. The van der Waals surface area contributed by atoms with Gasteiger partial charge in [0.25, 0.3) is 0 Å². The Morgan fingerprint density at radius 1 is 1.85 bits per heavy atom. The summed E-state index contributed by atoms with van der Waals surface area (Å²) in [7, 11) is 0. The van der Waals surface area contributed by atoms with Crippen LogP contribution < -0.4 is 5.32 Å². The van der Waals surface area contributed by atoms with Gasteiger partial charge in [-0.05, 0) is 13.3 Å². The van der Waals surface area contributed by atoms with Crippen LogP contribution in [0.15, 0.2) is 0 Å². The Hall–Kier alpha value is -0.460. The second-order valence-corrected chi connectivity index (χ2v) is 4.84. The summed E-state index contributed by atoms with van der Waals surface area (Å²) in [5, 5.41) is 11.1. The highest BCUT2D eigenvalue weighted by Crippen LogP contribution is 2.53. The fourth-order valence-electron chi connectivity index (χ4n) is 0.920. The Bertz CT molecular complexity index is 259. The molecule has 1 rings (SSSR count). The van der Waals surface area contributed by atoms with Crippen molar-refractivity contribution in [3.8, 4) is 6.07 Å². The lowest BCUT2D eigenvalue weighted by atomic mass is 10.2. The molecule has 1 N–H and O–H groups in total. The number of carbonyl (C=O) groups excluding carboxylic acids is 1. The van der Waals surface area contributed by atoms with E-state index in [1.54, 1.807) is 6.92 Å². The normalized spacial score (nSPS) is 25.8.